The van der Waals surface area contributed by atoms with Gasteiger partial charge in [-0.1, -0.05) is 72.8 Å². The van der Waals surface area contributed by atoms with E-state index in [1.165, 1.54) is 0 Å². The molecule has 2 heterocycles. The fourth-order valence-corrected chi connectivity index (χ4v) is 6.20. The van der Waals surface area contributed by atoms with Gasteiger partial charge in [-0.25, -0.2) is 0 Å². The molecule has 1 amide bonds. The number of aryl methyl sites for hydroxylation is 1. The number of amides is 1. The van der Waals surface area contributed by atoms with Crippen LogP contribution in [-0.2, 0) is 17.9 Å². The van der Waals surface area contributed by atoms with E-state index in [0.29, 0.717) is 26.1 Å². The van der Waals surface area contributed by atoms with Crippen LogP contribution in [0.2, 0.25) is 0 Å². The highest BCUT2D eigenvalue weighted by Gasteiger charge is 2.43. The molecular weight excluding hydrogens is 486 g/mol. The van der Waals surface area contributed by atoms with Gasteiger partial charge in [0.05, 0.1) is 12.0 Å². The minimum atomic E-state index is -0.639. The van der Waals surface area contributed by atoms with Crippen LogP contribution in [0.3, 0.4) is 0 Å². The lowest BCUT2D eigenvalue weighted by molar-refractivity contribution is -0.139. The summed E-state index contributed by atoms with van der Waals surface area (Å²) in [7, 11) is 0. The van der Waals surface area contributed by atoms with Crippen molar-refractivity contribution in [2.45, 2.75) is 50.4 Å². The Bertz CT molecular complexity index is 1430. The lowest BCUT2D eigenvalue weighted by atomic mass is 9.77. The number of β-amino-alcohol motifs (C(OH)–C–C–N with tert-alkyl or cyclic N) is 1. The van der Waals surface area contributed by atoms with Crippen LogP contribution in [-0.4, -0.2) is 57.4 Å². The van der Waals surface area contributed by atoms with E-state index in [2.05, 4.69) is 63.4 Å². The SMILES string of the molecule is O=C([C@H]1CNC[C@@H](O)[C@@H]1c1cccc(-c2ccccc2)c1)N(Cc1cn(CCCO)c2ccccc12)C1CC1. The van der Waals surface area contributed by atoms with Crippen LogP contribution in [0.5, 0.6) is 0 Å². The fraction of sp³-hybridized carbons (Fsp3) is 0.364. The summed E-state index contributed by atoms with van der Waals surface area (Å²) in [6, 6.07) is 27.1. The average Bonchev–Trinajstić information content (AvgIpc) is 3.77. The number of aliphatic hydroxyl groups is 2. The van der Waals surface area contributed by atoms with Crippen molar-refractivity contribution < 1.29 is 15.0 Å². The van der Waals surface area contributed by atoms with Crippen molar-refractivity contribution in [3.05, 3.63) is 96.2 Å². The highest BCUT2D eigenvalue weighted by Crippen LogP contribution is 2.38. The second-order valence-corrected chi connectivity index (χ2v) is 11.0. The lowest BCUT2D eigenvalue weighted by Gasteiger charge is -2.38. The first kappa shape index (κ1) is 25.8. The molecule has 2 aliphatic rings. The van der Waals surface area contributed by atoms with Gasteiger partial charge in [0.2, 0.25) is 5.91 Å². The van der Waals surface area contributed by atoms with Crippen LogP contribution in [0.25, 0.3) is 22.0 Å². The maximum Gasteiger partial charge on any atom is 0.228 e. The largest absolute Gasteiger partial charge is 0.396 e. The number of piperidine rings is 1. The lowest BCUT2D eigenvalue weighted by Crippen LogP contribution is -2.52. The van der Waals surface area contributed by atoms with E-state index in [0.717, 1.165) is 52.5 Å². The molecule has 6 rings (SSSR count). The van der Waals surface area contributed by atoms with Gasteiger partial charge < -0.3 is 25.0 Å². The molecule has 1 aliphatic carbocycles. The maximum absolute atomic E-state index is 14.3. The predicted octanol–water partition coefficient (Wildman–Crippen LogP) is 4.55. The number of nitrogens with one attached hydrogen (secondary N) is 1. The molecule has 0 radical (unpaired) electrons. The number of aromatic nitrogens is 1. The number of aliphatic hydroxyl groups excluding tert-OH is 2. The van der Waals surface area contributed by atoms with Gasteiger partial charge in [0.1, 0.15) is 0 Å². The van der Waals surface area contributed by atoms with Crippen molar-refractivity contribution in [3.63, 3.8) is 0 Å². The summed E-state index contributed by atoms with van der Waals surface area (Å²) >= 11 is 0. The Morgan fingerprint density at radius 3 is 2.51 bits per heavy atom. The van der Waals surface area contributed by atoms with Crippen LogP contribution in [0.4, 0.5) is 0 Å². The summed E-state index contributed by atoms with van der Waals surface area (Å²) in [4.78, 5) is 16.4. The molecular formula is C33H37N3O3. The van der Waals surface area contributed by atoms with Gasteiger partial charge in [-0.2, -0.15) is 0 Å². The van der Waals surface area contributed by atoms with Crippen LogP contribution < -0.4 is 5.32 Å². The minimum Gasteiger partial charge on any atom is -0.396 e. The van der Waals surface area contributed by atoms with E-state index in [-0.39, 0.29) is 30.4 Å². The van der Waals surface area contributed by atoms with E-state index in [1.807, 2.05) is 36.4 Å². The van der Waals surface area contributed by atoms with E-state index in [4.69, 9.17) is 0 Å². The van der Waals surface area contributed by atoms with E-state index < -0.39 is 6.10 Å². The summed E-state index contributed by atoms with van der Waals surface area (Å²) in [5.41, 5.74) is 5.51. The first-order chi connectivity index (χ1) is 19.1. The number of hydrogen-bond donors (Lipinski definition) is 3. The zero-order valence-electron chi connectivity index (χ0n) is 22.2. The summed E-state index contributed by atoms with van der Waals surface area (Å²) in [6.07, 6.45) is 4.24. The third-order valence-corrected chi connectivity index (χ3v) is 8.30. The molecule has 1 saturated heterocycles. The molecule has 1 aromatic heterocycles. The predicted molar refractivity (Wildman–Crippen MR) is 154 cm³/mol. The van der Waals surface area contributed by atoms with Crippen LogP contribution >= 0.6 is 0 Å². The Labute approximate surface area is 229 Å². The zero-order valence-corrected chi connectivity index (χ0v) is 22.2. The molecule has 3 aromatic carbocycles. The quantitative estimate of drug-likeness (QED) is 0.301. The van der Waals surface area contributed by atoms with Gasteiger partial charge in [0, 0.05) is 61.8 Å². The van der Waals surface area contributed by atoms with Gasteiger partial charge in [-0.05, 0) is 47.6 Å². The highest BCUT2D eigenvalue weighted by molar-refractivity contribution is 5.86. The summed E-state index contributed by atoms with van der Waals surface area (Å²) in [6.45, 7) is 2.48. The minimum absolute atomic E-state index is 0.117. The molecule has 0 bridgehead atoms. The average molecular weight is 524 g/mol. The molecule has 3 N–H and O–H groups in total. The smallest absolute Gasteiger partial charge is 0.228 e. The summed E-state index contributed by atoms with van der Waals surface area (Å²) < 4.78 is 2.19. The Morgan fingerprint density at radius 1 is 0.949 bits per heavy atom. The zero-order chi connectivity index (χ0) is 26.8. The number of fused-ring (bicyclic) bond motifs is 1. The van der Waals surface area contributed by atoms with Crippen molar-refractivity contribution in [3.8, 4) is 11.1 Å². The Hall–Kier alpha value is -3.45. The van der Waals surface area contributed by atoms with Crippen LogP contribution in [0, 0.1) is 5.92 Å². The first-order valence-electron chi connectivity index (χ1n) is 14.2. The topological polar surface area (TPSA) is 77.7 Å². The van der Waals surface area contributed by atoms with E-state index >= 15 is 0 Å². The van der Waals surface area contributed by atoms with E-state index in [9.17, 15) is 15.0 Å². The van der Waals surface area contributed by atoms with Gasteiger partial charge in [0.15, 0.2) is 0 Å². The fourth-order valence-electron chi connectivity index (χ4n) is 6.20. The molecule has 1 aliphatic heterocycles. The monoisotopic (exact) mass is 523 g/mol. The molecule has 39 heavy (non-hydrogen) atoms. The van der Waals surface area contributed by atoms with Crippen molar-refractivity contribution in [1.29, 1.82) is 0 Å². The third-order valence-electron chi connectivity index (χ3n) is 8.30. The van der Waals surface area contributed by atoms with Gasteiger partial charge in [0.25, 0.3) is 0 Å². The molecule has 2 fully saturated rings. The number of carbonyl (C=O) groups excluding carboxylic acids is 1. The number of benzene rings is 3. The standard InChI is InChI=1S/C33H37N3O3/c37-17-7-16-35-21-26(28-12-4-5-13-30(28)35)22-36(27-14-15-27)33(39)29-19-34-20-31(38)32(29)25-11-6-10-24(18-25)23-8-2-1-3-9-23/h1-6,8-13,18,21,27,29,31-32,34,37-38H,7,14-17,19-20,22H2/t29-,31+,32+/m0/s1. The Morgan fingerprint density at radius 2 is 1.72 bits per heavy atom. The molecule has 202 valence electrons. The van der Waals surface area contributed by atoms with Crippen LogP contribution in [0.15, 0.2) is 85.1 Å². The molecule has 4 aromatic rings. The first-order valence-corrected chi connectivity index (χ1v) is 14.2. The number of hydrogen-bond acceptors (Lipinski definition) is 4. The molecule has 3 atom stereocenters. The Kier molecular flexibility index (Phi) is 7.51. The second kappa shape index (κ2) is 11.3. The third kappa shape index (κ3) is 5.37. The molecule has 0 spiro atoms. The molecule has 6 heteroatoms. The van der Waals surface area contributed by atoms with Crippen molar-refractivity contribution in [2.75, 3.05) is 19.7 Å². The highest BCUT2D eigenvalue weighted by atomic mass is 16.3. The number of carbonyl (C=O) groups is 1. The van der Waals surface area contributed by atoms with E-state index in [1.54, 1.807) is 0 Å². The van der Waals surface area contributed by atoms with Crippen molar-refractivity contribution in [1.82, 2.24) is 14.8 Å². The Balaban J connectivity index is 1.31. The normalized spacial score (nSPS) is 21.2. The second-order valence-electron chi connectivity index (χ2n) is 11.0. The van der Waals surface area contributed by atoms with Gasteiger partial charge >= 0.3 is 0 Å². The van der Waals surface area contributed by atoms with Crippen LogP contribution in [0.1, 0.15) is 36.3 Å². The number of rotatable bonds is 9. The van der Waals surface area contributed by atoms with Crippen molar-refractivity contribution in [2.24, 2.45) is 5.92 Å². The number of para-hydroxylation sites is 1. The van der Waals surface area contributed by atoms with Crippen molar-refractivity contribution >= 4 is 16.8 Å². The molecule has 1 saturated carbocycles. The molecule has 6 nitrogen and oxygen atoms in total. The van der Waals surface area contributed by atoms with Gasteiger partial charge in [-0.3, -0.25) is 4.79 Å². The molecule has 0 unspecified atom stereocenters. The summed E-state index contributed by atoms with van der Waals surface area (Å²) in [5, 5.41) is 25.1. The number of nitrogens with zero attached hydrogens (tertiary/aromatic N) is 2. The summed E-state index contributed by atoms with van der Waals surface area (Å²) in [5.74, 6) is -0.497. The maximum atomic E-state index is 14.3. The van der Waals surface area contributed by atoms with Gasteiger partial charge in [-0.15, -0.1) is 0 Å².